The lowest BCUT2D eigenvalue weighted by atomic mass is 10.2. The molecule has 0 amide bonds. The molecular formula is C23H24F3N3O4. The number of hydrogen-bond donors (Lipinski definition) is 2. The lowest BCUT2D eigenvalue weighted by Crippen LogP contribution is -2.49. The fraction of sp³-hybridized carbons (Fsp3) is 0.348. The Kier molecular flexibility index (Phi) is 6.75. The molecule has 0 spiro atoms. The van der Waals surface area contributed by atoms with Crippen LogP contribution in [0.15, 0.2) is 59.4 Å². The first-order valence-corrected chi connectivity index (χ1v) is 10.5. The summed E-state index contributed by atoms with van der Waals surface area (Å²) in [6, 6.07) is 14.3. The van der Waals surface area contributed by atoms with Gasteiger partial charge in [-0.1, -0.05) is 0 Å². The number of aliphatic hydroxyl groups is 1. The molecule has 2 heterocycles. The normalized spacial score (nSPS) is 16.1. The highest BCUT2D eigenvalue weighted by Gasteiger charge is 2.31. The standard InChI is InChI=1S/C23H24F3N3O4/c24-23(25,26)33-19-4-2-17(3-5-19)29-11-9-28(10-12-29)14-18(30)15-32-20-6-7-21-16(13-20)1-8-22(31)27-21/h1-8,13,18,30H,9-12,14-15H2,(H,27,31)/t18-/m0/s1. The minimum absolute atomic E-state index is 0.135. The summed E-state index contributed by atoms with van der Waals surface area (Å²) in [5.41, 5.74) is 1.38. The molecule has 2 aromatic carbocycles. The van der Waals surface area contributed by atoms with E-state index in [0.717, 1.165) is 16.6 Å². The van der Waals surface area contributed by atoms with Crippen molar-refractivity contribution < 1.29 is 27.8 Å². The second-order valence-corrected chi connectivity index (χ2v) is 7.87. The predicted octanol–water partition coefficient (Wildman–Crippen LogP) is 2.99. The van der Waals surface area contributed by atoms with Gasteiger partial charge in [0.1, 0.15) is 24.2 Å². The van der Waals surface area contributed by atoms with Gasteiger partial charge >= 0.3 is 6.36 Å². The number of ether oxygens (including phenoxy) is 2. The van der Waals surface area contributed by atoms with Crippen LogP contribution in [0.5, 0.6) is 11.5 Å². The minimum Gasteiger partial charge on any atom is -0.491 e. The Morgan fingerprint density at radius 3 is 2.36 bits per heavy atom. The highest BCUT2D eigenvalue weighted by Crippen LogP contribution is 2.26. The van der Waals surface area contributed by atoms with Gasteiger partial charge in [-0.2, -0.15) is 0 Å². The molecule has 4 rings (SSSR count). The Balaban J connectivity index is 1.22. The van der Waals surface area contributed by atoms with Gasteiger partial charge in [-0.3, -0.25) is 9.69 Å². The molecule has 33 heavy (non-hydrogen) atoms. The van der Waals surface area contributed by atoms with E-state index in [1.807, 2.05) is 6.07 Å². The number of β-amino-alcohol motifs (C(OH)–C–C–N with tert-alkyl or cyclic N) is 1. The number of aromatic amines is 1. The molecule has 2 N–H and O–H groups in total. The summed E-state index contributed by atoms with van der Waals surface area (Å²) in [5.74, 6) is 0.365. The maximum atomic E-state index is 12.3. The SMILES string of the molecule is O=c1ccc2cc(OC[C@@H](O)CN3CCN(c4ccc(OC(F)(F)F)cc4)CC3)ccc2[nH]1. The number of piperazine rings is 1. The van der Waals surface area contributed by atoms with Crippen LogP contribution >= 0.6 is 0 Å². The summed E-state index contributed by atoms with van der Waals surface area (Å²) in [6.45, 7) is 3.39. The van der Waals surface area contributed by atoms with Gasteiger partial charge in [-0.15, -0.1) is 13.2 Å². The van der Waals surface area contributed by atoms with Crippen molar-refractivity contribution >= 4 is 16.6 Å². The van der Waals surface area contributed by atoms with Crippen LogP contribution in [0.25, 0.3) is 10.9 Å². The molecular weight excluding hydrogens is 439 g/mol. The first-order chi connectivity index (χ1) is 15.7. The molecule has 0 bridgehead atoms. The molecule has 1 atom stereocenters. The van der Waals surface area contributed by atoms with Crippen LogP contribution in [-0.4, -0.2) is 66.8 Å². The Morgan fingerprint density at radius 2 is 1.67 bits per heavy atom. The summed E-state index contributed by atoms with van der Waals surface area (Å²) in [7, 11) is 0. The topological polar surface area (TPSA) is 78.0 Å². The molecule has 10 heteroatoms. The number of pyridine rings is 1. The fourth-order valence-corrected chi connectivity index (χ4v) is 3.81. The zero-order valence-corrected chi connectivity index (χ0v) is 17.7. The number of nitrogens with zero attached hydrogens (tertiary/aromatic N) is 2. The molecule has 176 valence electrons. The Hall–Kier alpha value is -3.24. The van der Waals surface area contributed by atoms with Crippen LogP contribution in [0.4, 0.5) is 18.9 Å². The molecule has 0 radical (unpaired) electrons. The Labute approximate surface area is 188 Å². The van der Waals surface area contributed by atoms with Crippen LogP contribution in [0.3, 0.4) is 0 Å². The van der Waals surface area contributed by atoms with E-state index in [-0.39, 0.29) is 17.9 Å². The van der Waals surface area contributed by atoms with Crippen molar-refractivity contribution in [3.8, 4) is 11.5 Å². The van der Waals surface area contributed by atoms with Crippen molar-refractivity contribution in [1.82, 2.24) is 9.88 Å². The third-order valence-corrected chi connectivity index (χ3v) is 5.41. The van der Waals surface area contributed by atoms with Crippen molar-refractivity contribution in [2.75, 3.05) is 44.2 Å². The van der Waals surface area contributed by atoms with E-state index >= 15 is 0 Å². The van der Waals surface area contributed by atoms with E-state index in [0.29, 0.717) is 38.5 Å². The number of halogens is 3. The molecule has 7 nitrogen and oxygen atoms in total. The number of rotatable bonds is 7. The van der Waals surface area contributed by atoms with E-state index in [9.17, 15) is 23.1 Å². The maximum Gasteiger partial charge on any atom is 0.573 e. The average Bonchev–Trinajstić information content (AvgIpc) is 2.78. The van der Waals surface area contributed by atoms with Crippen molar-refractivity contribution in [3.63, 3.8) is 0 Å². The lowest BCUT2D eigenvalue weighted by Gasteiger charge is -2.36. The number of aliphatic hydroxyl groups excluding tert-OH is 1. The summed E-state index contributed by atoms with van der Waals surface area (Å²) >= 11 is 0. The fourth-order valence-electron chi connectivity index (χ4n) is 3.81. The third-order valence-electron chi connectivity index (χ3n) is 5.41. The van der Waals surface area contributed by atoms with E-state index in [1.54, 1.807) is 30.3 Å². The van der Waals surface area contributed by atoms with E-state index in [4.69, 9.17) is 4.74 Å². The van der Waals surface area contributed by atoms with Crippen LogP contribution in [0, 0.1) is 0 Å². The van der Waals surface area contributed by atoms with E-state index < -0.39 is 12.5 Å². The lowest BCUT2D eigenvalue weighted by molar-refractivity contribution is -0.274. The minimum atomic E-state index is -4.70. The van der Waals surface area contributed by atoms with E-state index in [2.05, 4.69) is 19.5 Å². The molecule has 1 saturated heterocycles. The highest BCUT2D eigenvalue weighted by atomic mass is 19.4. The summed E-state index contributed by atoms with van der Waals surface area (Å²) in [6.07, 6.45) is -5.38. The van der Waals surface area contributed by atoms with Gasteiger partial charge in [-0.05, 0) is 48.5 Å². The third kappa shape index (κ3) is 6.39. The number of aromatic nitrogens is 1. The zero-order chi connectivity index (χ0) is 23.4. The highest BCUT2D eigenvalue weighted by molar-refractivity contribution is 5.79. The monoisotopic (exact) mass is 463 g/mol. The Bertz CT molecular complexity index is 1130. The second kappa shape index (κ2) is 9.72. The molecule has 0 unspecified atom stereocenters. The average molecular weight is 463 g/mol. The summed E-state index contributed by atoms with van der Waals surface area (Å²) < 4.78 is 46.5. The smallest absolute Gasteiger partial charge is 0.491 e. The summed E-state index contributed by atoms with van der Waals surface area (Å²) in [5, 5.41) is 11.2. The van der Waals surface area contributed by atoms with Gasteiger partial charge in [0, 0.05) is 55.4 Å². The van der Waals surface area contributed by atoms with Crippen molar-refractivity contribution in [2.24, 2.45) is 0 Å². The van der Waals surface area contributed by atoms with Gasteiger partial charge in [-0.25, -0.2) is 0 Å². The van der Waals surface area contributed by atoms with Crippen molar-refractivity contribution in [2.45, 2.75) is 12.5 Å². The van der Waals surface area contributed by atoms with Gasteiger partial charge in [0.15, 0.2) is 0 Å². The summed E-state index contributed by atoms with van der Waals surface area (Å²) in [4.78, 5) is 18.3. The molecule has 3 aromatic rings. The molecule has 0 aliphatic carbocycles. The Morgan fingerprint density at radius 1 is 0.970 bits per heavy atom. The van der Waals surface area contributed by atoms with Gasteiger partial charge in [0.05, 0.1) is 0 Å². The number of benzene rings is 2. The van der Waals surface area contributed by atoms with Gasteiger partial charge in [0.2, 0.25) is 5.56 Å². The largest absolute Gasteiger partial charge is 0.573 e. The van der Waals surface area contributed by atoms with Crippen LogP contribution in [-0.2, 0) is 0 Å². The zero-order valence-electron chi connectivity index (χ0n) is 17.7. The molecule has 1 fully saturated rings. The second-order valence-electron chi connectivity index (χ2n) is 7.87. The molecule has 1 aliphatic heterocycles. The van der Waals surface area contributed by atoms with E-state index in [1.165, 1.54) is 18.2 Å². The number of hydrogen-bond acceptors (Lipinski definition) is 6. The molecule has 0 saturated carbocycles. The maximum absolute atomic E-state index is 12.3. The van der Waals surface area contributed by atoms with Gasteiger partial charge < -0.3 is 24.5 Å². The quantitative estimate of drug-likeness (QED) is 0.561. The van der Waals surface area contributed by atoms with Crippen LogP contribution in [0.1, 0.15) is 0 Å². The van der Waals surface area contributed by atoms with Crippen LogP contribution < -0.4 is 19.9 Å². The molecule has 1 aliphatic rings. The van der Waals surface area contributed by atoms with Crippen molar-refractivity contribution in [3.05, 3.63) is 65.0 Å². The number of fused-ring (bicyclic) bond motifs is 1. The predicted molar refractivity (Wildman–Crippen MR) is 118 cm³/mol. The van der Waals surface area contributed by atoms with Gasteiger partial charge in [0.25, 0.3) is 0 Å². The first-order valence-electron chi connectivity index (χ1n) is 10.5. The number of H-pyrrole nitrogens is 1. The number of alkyl halides is 3. The van der Waals surface area contributed by atoms with Crippen molar-refractivity contribution in [1.29, 1.82) is 0 Å². The number of anilines is 1. The van der Waals surface area contributed by atoms with Crippen LogP contribution in [0.2, 0.25) is 0 Å². The first kappa shape index (κ1) is 22.9. The number of nitrogens with one attached hydrogen (secondary N) is 1. The molecule has 1 aromatic heterocycles.